The molecule has 25 heavy (non-hydrogen) atoms. The van der Waals surface area contributed by atoms with Crippen molar-refractivity contribution in [2.75, 3.05) is 19.0 Å². The van der Waals surface area contributed by atoms with Crippen LogP contribution in [0, 0.1) is 0 Å². The van der Waals surface area contributed by atoms with Gasteiger partial charge in [0.15, 0.2) is 23.2 Å². The third-order valence-corrected chi connectivity index (χ3v) is 3.31. The van der Waals surface area contributed by atoms with Crippen molar-refractivity contribution < 1.29 is 19.1 Å². The molecule has 2 rings (SSSR count). The first-order valence-corrected chi connectivity index (χ1v) is 7.67. The van der Waals surface area contributed by atoms with E-state index in [1.165, 1.54) is 7.11 Å². The fraction of sp³-hybridized carbons (Fsp3) is 0.118. The van der Waals surface area contributed by atoms with Crippen LogP contribution >= 0.6 is 12.2 Å². The van der Waals surface area contributed by atoms with E-state index in [-0.39, 0.29) is 11.7 Å². The molecule has 0 aliphatic rings. The van der Waals surface area contributed by atoms with E-state index >= 15 is 0 Å². The highest BCUT2D eigenvalue weighted by Gasteiger charge is 2.09. The number of para-hydroxylation sites is 2. The number of methoxy groups -OCH3 is 1. The number of benzene rings is 2. The van der Waals surface area contributed by atoms with Crippen LogP contribution in [0.3, 0.4) is 0 Å². The number of amides is 2. The molecule has 4 N–H and O–H groups in total. The van der Waals surface area contributed by atoms with Gasteiger partial charge in [-0.15, -0.1) is 0 Å². The van der Waals surface area contributed by atoms with Crippen molar-refractivity contribution in [2.24, 2.45) is 5.73 Å². The van der Waals surface area contributed by atoms with Crippen molar-refractivity contribution in [3.63, 3.8) is 0 Å². The number of hydrogen-bond donors (Lipinski definition) is 3. The fourth-order valence-electron chi connectivity index (χ4n) is 1.92. The minimum Gasteiger partial charge on any atom is -0.493 e. The molecule has 7 nitrogen and oxygen atoms in total. The molecule has 2 amide bonds. The molecule has 0 aliphatic heterocycles. The first-order valence-electron chi connectivity index (χ1n) is 7.26. The zero-order chi connectivity index (χ0) is 18.2. The molecule has 0 heterocycles. The summed E-state index contributed by atoms with van der Waals surface area (Å²) < 4.78 is 10.5. The van der Waals surface area contributed by atoms with E-state index in [1.54, 1.807) is 48.5 Å². The number of ether oxygens (including phenoxy) is 2. The Labute approximate surface area is 150 Å². The molecule has 130 valence electrons. The lowest BCUT2D eigenvalue weighted by molar-refractivity contribution is -0.121. The number of carbonyl (C=O) groups excluding carboxylic acids is 2. The molecule has 0 fully saturated rings. The van der Waals surface area contributed by atoms with Gasteiger partial charge in [-0.3, -0.25) is 14.9 Å². The van der Waals surface area contributed by atoms with Gasteiger partial charge in [-0.05, 0) is 48.6 Å². The maximum Gasteiger partial charge on any atom is 0.264 e. The molecule has 0 aromatic heterocycles. The Kier molecular flexibility index (Phi) is 6.30. The number of anilines is 1. The maximum absolute atomic E-state index is 11.9. The number of nitrogens with two attached hydrogens (primary N) is 1. The molecule has 0 bridgehead atoms. The van der Waals surface area contributed by atoms with Crippen LogP contribution in [0.15, 0.2) is 48.5 Å². The highest BCUT2D eigenvalue weighted by Crippen LogP contribution is 2.25. The van der Waals surface area contributed by atoms with Crippen LogP contribution in [0.5, 0.6) is 11.5 Å². The van der Waals surface area contributed by atoms with Gasteiger partial charge in [0.1, 0.15) is 0 Å². The van der Waals surface area contributed by atoms with Crippen LogP contribution in [0.2, 0.25) is 0 Å². The van der Waals surface area contributed by atoms with Gasteiger partial charge < -0.3 is 20.5 Å². The summed E-state index contributed by atoms with van der Waals surface area (Å²) in [6.45, 7) is -0.219. The summed E-state index contributed by atoms with van der Waals surface area (Å²) >= 11 is 5.06. The minimum atomic E-state index is -0.518. The van der Waals surface area contributed by atoms with Gasteiger partial charge in [0.2, 0.25) is 5.91 Å². The first kappa shape index (κ1) is 18.2. The largest absolute Gasteiger partial charge is 0.493 e. The second-order valence-electron chi connectivity index (χ2n) is 4.88. The average molecular weight is 359 g/mol. The Morgan fingerprint density at radius 1 is 1.08 bits per heavy atom. The van der Waals surface area contributed by atoms with Crippen molar-refractivity contribution in [1.29, 1.82) is 0 Å². The Morgan fingerprint density at radius 3 is 2.32 bits per heavy atom. The number of primary amides is 1. The second kappa shape index (κ2) is 8.65. The lowest BCUT2D eigenvalue weighted by atomic mass is 10.2. The second-order valence-corrected chi connectivity index (χ2v) is 5.29. The predicted molar refractivity (Wildman–Crippen MR) is 97.8 cm³/mol. The molecule has 0 radical (unpaired) electrons. The third-order valence-electron chi connectivity index (χ3n) is 3.11. The summed E-state index contributed by atoms with van der Waals surface area (Å²) in [4.78, 5) is 22.9. The summed E-state index contributed by atoms with van der Waals surface area (Å²) in [6.07, 6.45) is 0. The number of rotatable bonds is 6. The van der Waals surface area contributed by atoms with Gasteiger partial charge in [-0.1, -0.05) is 12.1 Å². The van der Waals surface area contributed by atoms with E-state index in [4.69, 9.17) is 27.4 Å². The molecule has 0 saturated carbocycles. The molecular weight excluding hydrogens is 342 g/mol. The average Bonchev–Trinajstić information content (AvgIpc) is 2.60. The predicted octanol–water partition coefficient (Wildman–Crippen LogP) is 1.69. The van der Waals surface area contributed by atoms with Crippen molar-refractivity contribution >= 4 is 34.8 Å². The lowest BCUT2D eigenvalue weighted by Gasteiger charge is -2.12. The van der Waals surface area contributed by atoms with Gasteiger partial charge in [-0.25, -0.2) is 0 Å². The van der Waals surface area contributed by atoms with E-state index in [2.05, 4.69) is 10.6 Å². The van der Waals surface area contributed by atoms with E-state index in [1.807, 2.05) is 0 Å². The van der Waals surface area contributed by atoms with Gasteiger partial charge in [0, 0.05) is 11.3 Å². The molecule has 0 atom stereocenters. The Morgan fingerprint density at radius 2 is 1.72 bits per heavy atom. The van der Waals surface area contributed by atoms with Crippen LogP contribution in [0.25, 0.3) is 0 Å². The molecule has 8 heteroatoms. The first-order chi connectivity index (χ1) is 12.0. The SMILES string of the molecule is COc1ccccc1OCC(=O)NC(=S)Nc1ccc(C(N)=O)cc1. The summed E-state index contributed by atoms with van der Waals surface area (Å²) in [5.74, 6) is 0.0553. The monoisotopic (exact) mass is 359 g/mol. The zero-order valence-electron chi connectivity index (χ0n) is 13.4. The Hall–Kier alpha value is -3.13. The van der Waals surface area contributed by atoms with Crippen molar-refractivity contribution in [1.82, 2.24) is 5.32 Å². The van der Waals surface area contributed by atoms with Crippen molar-refractivity contribution in [3.8, 4) is 11.5 Å². The smallest absolute Gasteiger partial charge is 0.264 e. The Bertz CT molecular complexity index is 778. The zero-order valence-corrected chi connectivity index (χ0v) is 14.3. The van der Waals surface area contributed by atoms with Gasteiger partial charge in [0.05, 0.1) is 7.11 Å². The van der Waals surface area contributed by atoms with Gasteiger partial charge in [-0.2, -0.15) is 0 Å². The van der Waals surface area contributed by atoms with Crippen LogP contribution in [-0.2, 0) is 4.79 Å². The number of nitrogens with one attached hydrogen (secondary N) is 2. The third kappa shape index (κ3) is 5.47. The molecule has 2 aromatic rings. The summed E-state index contributed by atoms with van der Waals surface area (Å²) in [7, 11) is 1.52. The molecule has 0 spiro atoms. The van der Waals surface area contributed by atoms with Gasteiger partial charge >= 0.3 is 0 Å². The summed E-state index contributed by atoms with van der Waals surface area (Å²) in [6, 6.07) is 13.4. The van der Waals surface area contributed by atoms with Crippen LogP contribution in [0.1, 0.15) is 10.4 Å². The van der Waals surface area contributed by atoms with Crippen LogP contribution in [-0.4, -0.2) is 30.6 Å². The fourth-order valence-corrected chi connectivity index (χ4v) is 2.16. The number of thiocarbonyl (C=S) groups is 1. The molecule has 2 aromatic carbocycles. The molecule has 0 saturated heterocycles. The van der Waals surface area contributed by atoms with E-state index in [9.17, 15) is 9.59 Å². The standard InChI is InChI=1S/C17H17N3O4S/c1-23-13-4-2-3-5-14(13)24-10-15(21)20-17(25)19-12-8-6-11(7-9-12)16(18)22/h2-9H,10H2,1H3,(H2,18,22)(H2,19,20,21,25). The maximum atomic E-state index is 11.9. The highest BCUT2D eigenvalue weighted by molar-refractivity contribution is 7.80. The van der Waals surface area contributed by atoms with Crippen molar-refractivity contribution in [3.05, 3.63) is 54.1 Å². The van der Waals surface area contributed by atoms with Crippen molar-refractivity contribution in [2.45, 2.75) is 0 Å². The summed E-state index contributed by atoms with van der Waals surface area (Å²) in [5, 5.41) is 5.44. The van der Waals surface area contributed by atoms with E-state index in [0.717, 1.165) is 0 Å². The quantitative estimate of drug-likeness (QED) is 0.678. The highest BCUT2D eigenvalue weighted by atomic mass is 32.1. The number of hydrogen-bond acceptors (Lipinski definition) is 5. The molecule has 0 unspecified atom stereocenters. The minimum absolute atomic E-state index is 0.112. The normalized spacial score (nSPS) is 9.80. The van der Waals surface area contributed by atoms with E-state index in [0.29, 0.717) is 22.7 Å². The molecular formula is C17H17N3O4S. The van der Waals surface area contributed by atoms with Crippen LogP contribution < -0.4 is 25.8 Å². The van der Waals surface area contributed by atoms with Crippen LogP contribution in [0.4, 0.5) is 5.69 Å². The summed E-state index contributed by atoms with van der Waals surface area (Å²) in [5.41, 5.74) is 6.16. The Balaban J connectivity index is 1.83. The van der Waals surface area contributed by atoms with Gasteiger partial charge in [0.25, 0.3) is 5.91 Å². The number of carbonyl (C=O) groups is 2. The lowest BCUT2D eigenvalue weighted by Crippen LogP contribution is -2.37. The molecule has 0 aliphatic carbocycles. The van der Waals surface area contributed by atoms with E-state index < -0.39 is 11.8 Å². The topological polar surface area (TPSA) is 103 Å².